The number of β-lactam (4-membered cyclic amide) rings is 1. The number of carbonyl (C=O) groups is 4. The predicted molar refractivity (Wildman–Crippen MR) is 129 cm³/mol. The van der Waals surface area contributed by atoms with Crippen LogP contribution < -0.4 is 21.3 Å². The van der Waals surface area contributed by atoms with E-state index < -0.39 is 17.9 Å². The lowest BCUT2D eigenvalue weighted by molar-refractivity contribution is -0.158. The summed E-state index contributed by atoms with van der Waals surface area (Å²) in [5.41, 5.74) is 0.0557. The maximum Gasteiger partial charge on any atom is 0.353 e. The van der Waals surface area contributed by atoms with Crippen LogP contribution in [0.2, 0.25) is 0 Å². The molecule has 2 bridgehead atoms. The molecule has 4 saturated heterocycles. The highest BCUT2D eigenvalue weighted by Gasteiger charge is 2.60. The molecule has 0 aromatic heterocycles. The molecule has 3 amide bonds. The molecule has 11 nitrogen and oxygen atoms in total. The SMILES string of the molecule is CNCC(=O)NC(C)[C@H]1C(=O)N2C(C(=O)O)=C(S[C@@H]3CN[C@H](C(=O)N4C[C@H]5C[C@@H]4CN5)C3)[C@H](C)[C@H]12. The monoisotopic (exact) mass is 506 g/mol. The fourth-order valence-electron chi connectivity index (χ4n) is 6.44. The molecule has 5 aliphatic heterocycles. The summed E-state index contributed by atoms with van der Waals surface area (Å²) in [5, 5.41) is 22.4. The van der Waals surface area contributed by atoms with E-state index in [1.807, 2.05) is 11.8 Å². The van der Waals surface area contributed by atoms with E-state index >= 15 is 0 Å². The number of rotatable bonds is 8. The summed E-state index contributed by atoms with van der Waals surface area (Å²) in [7, 11) is 1.68. The van der Waals surface area contributed by atoms with Gasteiger partial charge in [-0.1, -0.05) is 6.92 Å². The van der Waals surface area contributed by atoms with Crippen LogP contribution in [0.5, 0.6) is 0 Å². The number of hydrogen-bond acceptors (Lipinski definition) is 8. The molecule has 0 aromatic carbocycles. The number of likely N-dealkylation sites (N-methyl/N-ethyl adjacent to an activating group) is 1. The molecule has 0 radical (unpaired) electrons. The van der Waals surface area contributed by atoms with Crippen LogP contribution in [0, 0.1) is 11.8 Å². The standard InChI is InChI=1S/C23H34N6O5S/c1-10-18-17(11(2)27-16(30)8-24-3)22(32)29(18)19(23(33)34)20(10)35-14-5-15(26-7-14)21(31)28-9-12-4-13(28)6-25-12/h10-15,17-18,24-26H,4-9H2,1-3H3,(H,27,30)(H,33,34)/t10-,11?,12-,13-,14+,15+,17-,18-/m1/s1. The molecule has 5 aliphatic rings. The summed E-state index contributed by atoms with van der Waals surface area (Å²) in [4.78, 5) is 54.4. The number of nitrogens with one attached hydrogen (secondary N) is 4. The molecule has 35 heavy (non-hydrogen) atoms. The molecular weight excluding hydrogens is 472 g/mol. The third kappa shape index (κ3) is 4.13. The van der Waals surface area contributed by atoms with Crippen molar-refractivity contribution in [3.8, 4) is 0 Å². The quantitative estimate of drug-likeness (QED) is 0.249. The lowest BCUT2D eigenvalue weighted by Crippen LogP contribution is -2.66. The van der Waals surface area contributed by atoms with Crippen LogP contribution in [0.4, 0.5) is 0 Å². The van der Waals surface area contributed by atoms with E-state index in [4.69, 9.17) is 0 Å². The number of carboxylic acid groups (broad SMARTS) is 1. The second kappa shape index (κ2) is 9.38. The minimum Gasteiger partial charge on any atom is -0.477 e. The lowest BCUT2D eigenvalue weighted by Gasteiger charge is -2.47. The van der Waals surface area contributed by atoms with Crippen molar-refractivity contribution < 1.29 is 24.3 Å². The third-order valence-corrected chi connectivity index (χ3v) is 9.59. The molecule has 5 N–H and O–H groups in total. The average Bonchev–Trinajstić information content (AvgIpc) is 3.58. The summed E-state index contributed by atoms with van der Waals surface area (Å²) in [5.74, 6) is -2.06. The van der Waals surface area contributed by atoms with Crippen molar-refractivity contribution in [3.05, 3.63) is 10.6 Å². The Morgan fingerprint density at radius 2 is 2.00 bits per heavy atom. The van der Waals surface area contributed by atoms with Crippen molar-refractivity contribution in [2.24, 2.45) is 11.8 Å². The Kier molecular flexibility index (Phi) is 6.58. The average molecular weight is 507 g/mol. The Hall–Kier alpha value is -2.15. The zero-order valence-electron chi connectivity index (χ0n) is 20.2. The minimum atomic E-state index is -1.11. The highest BCUT2D eigenvalue weighted by Crippen LogP contribution is 2.51. The first-order valence-corrected chi connectivity index (χ1v) is 13.3. The topological polar surface area (TPSA) is 143 Å². The van der Waals surface area contributed by atoms with Crippen LogP contribution in [-0.4, -0.2) is 107 Å². The second-order valence-corrected chi connectivity index (χ2v) is 11.7. The van der Waals surface area contributed by atoms with Crippen molar-refractivity contribution in [1.29, 1.82) is 0 Å². The number of carbonyl (C=O) groups excluding carboxylic acids is 3. The van der Waals surface area contributed by atoms with Crippen molar-refractivity contribution >= 4 is 35.5 Å². The van der Waals surface area contributed by atoms with Gasteiger partial charge in [0, 0.05) is 53.8 Å². The number of fused-ring (bicyclic) bond motifs is 3. The summed E-state index contributed by atoms with van der Waals surface area (Å²) in [6, 6.07) is -0.267. The fraction of sp³-hybridized carbons (Fsp3) is 0.739. The number of piperazine rings is 1. The van der Waals surface area contributed by atoms with Crippen molar-refractivity contribution in [3.63, 3.8) is 0 Å². The predicted octanol–water partition coefficient (Wildman–Crippen LogP) is -1.48. The number of hydrogen-bond donors (Lipinski definition) is 5. The van der Waals surface area contributed by atoms with Gasteiger partial charge in [-0.2, -0.15) is 0 Å². The van der Waals surface area contributed by atoms with Crippen LogP contribution >= 0.6 is 11.8 Å². The smallest absolute Gasteiger partial charge is 0.353 e. The van der Waals surface area contributed by atoms with E-state index in [9.17, 15) is 24.3 Å². The van der Waals surface area contributed by atoms with Gasteiger partial charge in [-0.15, -0.1) is 11.8 Å². The van der Waals surface area contributed by atoms with Crippen molar-refractivity contribution in [2.75, 3.05) is 33.2 Å². The zero-order valence-corrected chi connectivity index (χ0v) is 21.1. The van der Waals surface area contributed by atoms with Gasteiger partial charge in [-0.3, -0.25) is 14.4 Å². The largest absolute Gasteiger partial charge is 0.477 e. The lowest BCUT2D eigenvalue weighted by atomic mass is 9.78. The van der Waals surface area contributed by atoms with Gasteiger partial charge in [0.1, 0.15) is 5.70 Å². The fourth-order valence-corrected chi connectivity index (χ4v) is 7.92. The Morgan fingerprint density at radius 3 is 2.63 bits per heavy atom. The number of aliphatic carboxylic acids is 1. The number of likely N-dealkylation sites (tertiary alicyclic amines) is 1. The maximum atomic E-state index is 13.1. The number of carboxylic acids is 1. The highest BCUT2D eigenvalue weighted by molar-refractivity contribution is 8.03. The Balaban J connectivity index is 1.25. The van der Waals surface area contributed by atoms with E-state index in [-0.39, 0.29) is 59.3 Å². The van der Waals surface area contributed by atoms with Crippen LogP contribution in [0.15, 0.2) is 10.6 Å². The third-order valence-electron chi connectivity index (χ3n) is 8.08. The van der Waals surface area contributed by atoms with Gasteiger partial charge in [0.05, 0.1) is 24.5 Å². The molecule has 8 atom stereocenters. The first-order valence-electron chi connectivity index (χ1n) is 12.4. The molecule has 4 fully saturated rings. The summed E-state index contributed by atoms with van der Waals surface area (Å²) in [6.45, 7) is 6.13. The van der Waals surface area contributed by atoms with Crippen LogP contribution in [0.3, 0.4) is 0 Å². The van der Waals surface area contributed by atoms with Crippen LogP contribution in [0.25, 0.3) is 0 Å². The molecule has 192 valence electrons. The van der Waals surface area contributed by atoms with Crippen molar-refractivity contribution in [1.82, 2.24) is 31.1 Å². The molecule has 1 unspecified atom stereocenters. The van der Waals surface area contributed by atoms with Gasteiger partial charge in [0.2, 0.25) is 17.7 Å². The van der Waals surface area contributed by atoms with E-state index in [0.29, 0.717) is 23.9 Å². The molecule has 5 heterocycles. The second-order valence-electron chi connectivity index (χ2n) is 10.3. The first-order chi connectivity index (χ1) is 16.7. The van der Waals surface area contributed by atoms with Gasteiger partial charge in [-0.05, 0) is 26.8 Å². The van der Waals surface area contributed by atoms with Crippen LogP contribution in [-0.2, 0) is 19.2 Å². The van der Waals surface area contributed by atoms with Gasteiger partial charge in [-0.25, -0.2) is 4.79 Å². The first kappa shape index (κ1) is 24.5. The normalized spacial score (nSPS) is 36.4. The maximum absolute atomic E-state index is 13.1. The van der Waals surface area contributed by atoms with Crippen LogP contribution in [0.1, 0.15) is 26.7 Å². The molecule has 0 aliphatic carbocycles. The van der Waals surface area contributed by atoms with Gasteiger partial charge in [0.15, 0.2) is 0 Å². The van der Waals surface area contributed by atoms with Crippen molar-refractivity contribution in [2.45, 2.75) is 62.1 Å². The van der Waals surface area contributed by atoms with E-state index in [0.717, 1.165) is 19.5 Å². The molecule has 12 heteroatoms. The molecule has 5 rings (SSSR count). The summed E-state index contributed by atoms with van der Waals surface area (Å²) in [6.07, 6.45) is 1.65. The zero-order chi connectivity index (χ0) is 25.0. The molecule has 0 saturated carbocycles. The van der Waals surface area contributed by atoms with Gasteiger partial charge >= 0.3 is 5.97 Å². The van der Waals surface area contributed by atoms with E-state index in [1.165, 1.54) is 16.7 Å². The Bertz CT molecular complexity index is 974. The van der Waals surface area contributed by atoms with Gasteiger partial charge in [0.25, 0.3) is 0 Å². The molecule has 0 aromatic rings. The number of thioether (sulfide) groups is 1. The molecule has 0 spiro atoms. The molecular formula is C23H34N6O5S. The number of amides is 3. The number of nitrogens with zero attached hydrogens (tertiary/aromatic N) is 2. The van der Waals surface area contributed by atoms with E-state index in [2.05, 4.69) is 21.3 Å². The Labute approximate surface area is 208 Å². The highest BCUT2D eigenvalue weighted by atomic mass is 32.2. The summed E-state index contributed by atoms with van der Waals surface area (Å²) >= 11 is 1.49. The minimum absolute atomic E-state index is 0.0497. The summed E-state index contributed by atoms with van der Waals surface area (Å²) < 4.78 is 0. The van der Waals surface area contributed by atoms with Gasteiger partial charge < -0.3 is 36.2 Å². The Morgan fingerprint density at radius 1 is 1.23 bits per heavy atom. The van der Waals surface area contributed by atoms with E-state index in [1.54, 1.807) is 14.0 Å².